The summed E-state index contributed by atoms with van der Waals surface area (Å²) in [5.74, 6) is 1.80. The van der Waals surface area contributed by atoms with Crippen LogP contribution in [0.25, 0.3) is 0 Å². The summed E-state index contributed by atoms with van der Waals surface area (Å²) < 4.78 is 39.0. The Kier molecular flexibility index (Phi) is 6.04. The molecule has 0 bridgehead atoms. The highest BCUT2D eigenvalue weighted by Crippen LogP contribution is 2.10. The Morgan fingerprint density at radius 2 is 2.00 bits per heavy atom. The molecule has 1 rings (SSSR count). The molecular weight excluding hydrogens is 274 g/mol. The van der Waals surface area contributed by atoms with E-state index in [0.717, 1.165) is 18.6 Å². The van der Waals surface area contributed by atoms with Gasteiger partial charge in [0.05, 0.1) is 18.1 Å². The van der Waals surface area contributed by atoms with E-state index in [-0.39, 0.29) is 17.3 Å². The number of hydrogen-bond donors (Lipinski definition) is 1. The molecule has 0 spiro atoms. The van der Waals surface area contributed by atoms with Crippen LogP contribution >= 0.6 is 0 Å². The first-order valence-electron chi connectivity index (χ1n) is 5.71. The summed E-state index contributed by atoms with van der Waals surface area (Å²) in [6, 6.07) is 3.62. The van der Waals surface area contributed by atoms with Gasteiger partial charge in [0, 0.05) is 22.8 Å². The van der Waals surface area contributed by atoms with Crippen LogP contribution < -0.4 is 5.32 Å². The van der Waals surface area contributed by atoms with Gasteiger partial charge in [-0.3, -0.25) is 4.21 Å². The molecule has 0 aliphatic carbocycles. The minimum atomic E-state index is -3.05. The van der Waals surface area contributed by atoms with Crippen molar-refractivity contribution in [3.63, 3.8) is 0 Å². The lowest BCUT2D eigenvalue weighted by Gasteiger charge is -2.00. The fourth-order valence-electron chi connectivity index (χ4n) is 1.32. The van der Waals surface area contributed by atoms with E-state index in [4.69, 9.17) is 4.42 Å². The van der Waals surface area contributed by atoms with Crippen molar-refractivity contribution in [3.8, 4) is 0 Å². The molecule has 7 heteroatoms. The van der Waals surface area contributed by atoms with Crippen LogP contribution in [-0.2, 0) is 32.9 Å². The van der Waals surface area contributed by atoms with E-state index in [1.807, 2.05) is 13.0 Å². The molecule has 0 saturated heterocycles. The van der Waals surface area contributed by atoms with Crippen LogP contribution in [0.1, 0.15) is 18.4 Å². The van der Waals surface area contributed by atoms with Crippen molar-refractivity contribution in [1.29, 1.82) is 0 Å². The van der Waals surface area contributed by atoms with Gasteiger partial charge in [0.15, 0.2) is 0 Å². The Bertz CT molecular complexity index is 493. The summed E-state index contributed by atoms with van der Waals surface area (Å²) in [6.07, 6.45) is 1.14. The molecule has 0 aliphatic heterocycles. The zero-order chi connectivity index (χ0) is 13.6. The Labute approximate surface area is 110 Å². The van der Waals surface area contributed by atoms with Crippen molar-refractivity contribution >= 4 is 20.6 Å². The van der Waals surface area contributed by atoms with E-state index in [2.05, 4.69) is 5.32 Å². The molecule has 0 radical (unpaired) electrons. The first-order chi connectivity index (χ1) is 8.40. The molecule has 0 saturated carbocycles. The molecule has 1 aromatic heterocycles. The van der Waals surface area contributed by atoms with Gasteiger partial charge >= 0.3 is 0 Å². The van der Waals surface area contributed by atoms with Crippen LogP contribution in [0, 0.1) is 0 Å². The van der Waals surface area contributed by atoms with Crippen LogP contribution in [0.4, 0.5) is 0 Å². The second kappa shape index (κ2) is 7.06. The van der Waals surface area contributed by atoms with Gasteiger partial charge in [-0.05, 0) is 18.7 Å². The van der Waals surface area contributed by atoms with Crippen LogP contribution in [0.3, 0.4) is 0 Å². The van der Waals surface area contributed by atoms with E-state index >= 15 is 0 Å². The molecule has 0 aromatic carbocycles. The molecule has 18 heavy (non-hydrogen) atoms. The topological polar surface area (TPSA) is 76.4 Å². The highest BCUT2D eigenvalue weighted by Gasteiger charge is 2.10. The third-order valence-corrected chi connectivity index (χ3v) is 4.72. The predicted octanol–water partition coefficient (Wildman–Crippen LogP) is 0.682. The van der Waals surface area contributed by atoms with E-state index in [0.29, 0.717) is 12.3 Å². The Morgan fingerprint density at radius 3 is 2.61 bits per heavy atom. The van der Waals surface area contributed by atoms with Crippen LogP contribution in [0.5, 0.6) is 0 Å². The molecule has 0 fully saturated rings. The lowest BCUT2D eigenvalue weighted by atomic mass is 10.4. The number of sulfone groups is 1. The first kappa shape index (κ1) is 15.4. The maximum atomic E-state index is 11.7. The van der Waals surface area contributed by atoms with E-state index in [1.54, 1.807) is 6.07 Å². The Balaban J connectivity index is 2.42. The quantitative estimate of drug-likeness (QED) is 0.763. The number of nitrogens with one attached hydrogen (secondary N) is 1. The summed E-state index contributed by atoms with van der Waals surface area (Å²) in [7, 11) is -4.26. The lowest BCUT2D eigenvalue weighted by Crippen LogP contribution is -2.12. The molecule has 104 valence electrons. The smallest absolute Gasteiger partial charge is 0.148 e. The van der Waals surface area contributed by atoms with Gasteiger partial charge in [-0.15, -0.1) is 0 Å². The maximum Gasteiger partial charge on any atom is 0.148 e. The van der Waals surface area contributed by atoms with E-state index in [1.165, 1.54) is 0 Å². The van der Waals surface area contributed by atoms with Crippen molar-refractivity contribution in [2.24, 2.45) is 0 Å². The largest absolute Gasteiger partial charge is 0.464 e. The average Bonchev–Trinajstić information content (AvgIpc) is 2.70. The van der Waals surface area contributed by atoms with Gasteiger partial charge in [-0.25, -0.2) is 8.42 Å². The number of hydrogen-bond acceptors (Lipinski definition) is 5. The summed E-state index contributed by atoms with van der Waals surface area (Å²) in [5.41, 5.74) is 0. The fourth-order valence-corrected chi connectivity index (χ4v) is 3.89. The molecule has 5 nitrogen and oxygen atoms in total. The standard InChI is InChI=1S/C11H19NO4S2/c1-3-12-8-10-4-5-11(16-10)9-17(13)6-7-18(2,14)15/h4-5,12H,3,6-9H2,1-2H3. The van der Waals surface area contributed by atoms with E-state index in [9.17, 15) is 12.6 Å². The molecule has 1 aromatic rings. The maximum absolute atomic E-state index is 11.7. The lowest BCUT2D eigenvalue weighted by molar-refractivity contribution is 0.461. The molecule has 0 amide bonds. The van der Waals surface area contributed by atoms with Gasteiger partial charge in [0.2, 0.25) is 0 Å². The minimum absolute atomic E-state index is 0.0510. The van der Waals surface area contributed by atoms with Crippen molar-refractivity contribution < 1.29 is 17.0 Å². The summed E-state index contributed by atoms with van der Waals surface area (Å²) in [5, 5.41) is 3.13. The van der Waals surface area contributed by atoms with Gasteiger partial charge < -0.3 is 9.73 Å². The van der Waals surface area contributed by atoms with E-state index < -0.39 is 20.6 Å². The highest BCUT2D eigenvalue weighted by molar-refractivity contribution is 7.92. The predicted molar refractivity (Wildman–Crippen MR) is 72.5 cm³/mol. The summed E-state index contributed by atoms with van der Waals surface area (Å²) in [6.45, 7) is 3.51. The Morgan fingerprint density at radius 1 is 1.33 bits per heavy atom. The second-order valence-electron chi connectivity index (χ2n) is 4.07. The third-order valence-electron chi connectivity index (χ3n) is 2.25. The molecule has 1 atom stereocenters. The number of furan rings is 1. The molecule has 1 unspecified atom stereocenters. The minimum Gasteiger partial charge on any atom is -0.464 e. The fraction of sp³-hybridized carbons (Fsp3) is 0.636. The van der Waals surface area contributed by atoms with Crippen molar-refractivity contribution in [2.45, 2.75) is 19.2 Å². The van der Waals surface area contributed by atoms with Crippen molar-refractivity contribution in [1.82, 2.24) is 5.32 Å². The highest BCUT2D eigenvalue weighted by atomic mass is 32.2. The monoisotopic (exact) mass is 293 g/mol. The Hall–Kier alpha value is -0.660. The van der Waals surface area contributed by atoms with Crippen LogP contribution in [0.15, 0.2) is 16.5 Å². The zero-order valence-electron chi connectivity index (χ0n) is 10.6. The average molecular weight is 293 g/mol. The summed E-state index contributed by atoms with van der Waals surface area (Å²) in [4.78, 5) is 0. The first-order valence-corrected chi connectivity index (χ1v) is 9.26. The van der Waals surface area contributed by atoms with Crippen LogP contribution in [0.2, 0.25) is 0 Å². The number of rotatable bonds is 8. The van der Waals surface area contributed by atoms with Gasteiger partial charge in [-0.1, -0.05) is 6.92 Å². The molecule has 1 N–H and O–H groups in total. The van der Waals surface area contributed by atoms with Gasteiger partial charge in [-0.2, -0.15) is 0 Å². The van der Waals surface area contributed by atoms with Crippen LogP contribution in [-0.4, -0.2) is 36.9 Å². The van der Waals surface area contributed by atoms with Crippen molar-refractivity contribution in [2.75, 3.05) is 24.3 Å². The molecule has 0 aliphatic rings. The second-order valence-corrected chi connectivity index (χ2v) is 7.90. The zero-order valence-corrected chi connectivity index (χ0v) is 12.3. The normalized spacial score (nSPS) is 13.7. The van der Waals surface area contributed by atoms with Crippen molar-refractivity contribution in [3.05, 3.63) is 23.7 Å². The van der Waals surface area contributed by atoms with Gasteiger partial charge in [0.1, 0.15) is 21.4 Å². The molecular formula is C11H19NO4S2. The van der Waals surface area contributed by atoms with Gasteiger partial charge in [0.25, 0.3) is 0 Å². The summed E-state index contributed by atoms with van der Waals surface area (Å²) >= 11 is 0. The third kappa shape index (κ3) is 6.32. The SMILES string of the molecule is CCNCc1ccc(CS(=O)CCS(C)(=O)=O)o1. The molecule has 1 heterocycles.